The normalized spacial score (nSPS) is 12.3. The number of benzene rings is 3. The molecule has 0 spiro atoms. The number of hydrogen-bond acceptors (Lipinski definition) is 2. The third-order valence-corrected chi connectivity index (χ3v) is 6.27. The minimum absolute atomic E-state index is 0.0260. The zero-order chi connectivity index (χ0) is 25.4. The molecule has 4 nitrogen and oxygen atoms in total. The molecule has 2 amide bonds. The summed E-state index contributed by atoms with van der Waals surface area (Å²) < 4.78 is 0. The van der Waals surface area contributed by atoms with Gasteiger partial charge in [-0.25, -0.2) is 0 Å². The minimum atomic E-state index is -0.548. The Kier molecular flexibility index (Phi) is 8.86. The van der Waals surface area contributed by atoms with Gasteiger partial charge in [0, 0.05) is 24.4 Å². The van der Waals surface area contributed by atoms with Crippen molar-refractivity contribution in [1.82, 2.24) is 10.2 Å². The predicted octanol–water partition coefficient (Wildman–Crippen LogP) is 6.24. The summed E-state index contributed by atoms with van der Waals surface area (Å²) >= 11 is 0. The molecule has 0 heterocycles. The second-order valence-corrected chi connectivity index (χ2v) is 10.2. The lowest BCUT2D eigenvalue weighted by Gasteiger charge is -2.34. The van der Waals surface area contributed by atoms with Crippen molar-refractivity contribution in [2.24, 2.45) is 0 Å². The zero-order valence-corrected chi connectivity index (χ0v) is 21.6. The first-order valence-corrected chi connectivity index (χ1v) is 12.5. The predicted molar refractivity (Wildman–Crippen MR) is 143 cm³/mol. The Morgan fingerprint density at radius 3 is 1.83 bits per heavy atom. The van der Waals surface area contributed by atoms with Crippen molar-refractivity contribution in [3.05, 3.63) is 107 Å². The highest BCUT2D eigenvalue weighted by molar-refractivity contribution is 5.88. The minimum Gasteiger partial charge on any atom is -0.350 e. The topological polar surface area (TPSA) is 49.4 Å². The van der Waals surface area contributed by atoms with E-state index < -0.39 is 6.04 Å². The Bertz CT molecular complexity index is 1060. The van der Waals surface area contributed by atoms with E-state index in [-0.39, 0.29) is 23.3 Å². The molecule has 0 fully saturated rings. The number of aryl methyl sites for hydroxylation is 1. The molecule has 1 atom stereocenters. The van der Waals surface area contributed by atoms with Crippen LogP contribution in [0.4, 0.5) is 0 Å². The van der Waals surface area contributed by atoms with E-state index >= 15 is 0 Å². The summed E-state index contributed by atoms with van der Waals surface area (Å²) in [6.45, 7) is 10.3. The third kappa shape index (κ3) is 7.29. The van der Waals surface area contributed by atoms with Crippen molar-refractivity contribution in [1.29, 1.82) is 0 Å². The molecule has 0 aliphatic heterocycles. The van der Waals surface area contributed by atoms with E-state index in [9.17, 15) is 9.59 Å². The fourth-order valence-electron chi connectivity index (χ4n) is 4.43. The Morgan fingerprint density at radius 1 is 0.829 bits per heavy atom. The molecule has 0 aliphatic rings. The number of nitrogens with zero attached hydrogens (tertiary/aromatic N) is 1. The van der Waals surface area contributed by atoms with E-state index in [0.717, 1.165) is 22.3 Å². The van der Waals surface area contributed by atoms with Crippen molar-refractivity contribution in [3.8, 4) is 0 Å². The first kappa shape index (κ1) is 26.2. The second-order valence-electron chi connectivity index (χ2n) is 10.2. The molecule has 3 aromatic carbocycles. The molecule has 184 valence electrons. The van der Waals surface area contributed by atoms with Crippen LogP contribution < -0.4 is 5.32 Å². The van der Waals surface area contributed by atoms with Crippen molar-refractivity contribution in [3.63, 3.8) is 0 Å². The second kappa shape index (κ2) is 11.8. The molecule has 4 heteroatoms. The van der Waals surface area contributed by atoms with Crippen molar-refractivity contribution in [2.45, 2.75) is 71.5 Å². The van der Waals surface area contributed by atoms with Gasteiger partial charge in [0.25, 0.3) is 0 Å². The molecule has 0 aromatic heterocycles. The molecule has 35 heavy (non-hydrogen) atoms. The van der Waals surface area contributed by atoms with Crippen molar-refractivity contribution in [2.75, 3.05) is 0 Å². The van der Waals surface area contributed by atoms with E-state index in [1.54, 1.807) is 4.90 Å². The Morgan fingerprint density at radius 2 is 1.34 bits per heavy atom. The van der Waals surface area contributed by atoms with Crippen LogP contribution in [0, 0.1) is 6.92 Å². The average Bonchev–Trinajstić information content (AvgIpc) is 2.83. The maximum Gasteiger partial charge on any atom is 0.243 e. The van der Waals surface area contributed by atoms with Crippen LogP contribution in [0.25, 0.3) is 0 Å². The summed E-state index contributed by atoms with van der Waals surface area (Å²) in [5.74, 6) is -0.229. The first-order chi connectivity index (χ1) is 16.7. The van der Waals surface area contributed by atoms with Crippen LogP contribution in [0.5, 0.6) is 0 Å². The van der Waals surface area contributed by atoms with Crippen LogP contribution in [0.3, 0.4) is 0 Å². The first-order valence-electron chi connectivity index (χ1n) is 12.5. The number of hydrogen-bond donors (Lipinski definition) is 1. The molecule has 3 rings (SSSR count). The number of carbonyl (C=O) groups excluding carboxylic acids is 2. The molecule has 3 aromatic rings. The molecule has 0 bridgehead atoms. The van der Waals surface area contributed by atoms with Gasteiger partial charge in [0.1, 0.15) is 6.04 Å². The van der Waals surface area contributed by atoms with Gasteiger partial charge in [0.2, 0.25) is 11.8 Å². The van der Waals surface area contributed by atoms with Gasteiger partial charge in [-0.1, -0.05) is 91.9 Å². The summed E-state index contributed by atoms with van der Waals surface area (Å²) in [5.41, 5.74) is 3.97. The highest BCUT2D eigenvalue weighted by Crippen LogP contribution is 2.30. The molecular weight excluding hydrogens is 432 g/mol. The summed E-state index contributed by atoms with van der Waals surface area (Å²) in [4.78, 5) is 29.1. The number of amides is 2. The largest absolute Gasteiger partial charge is 0.350 e. The SMILES string of the molecule is CC[C@H](C(=O)NC(C)(C)C)N(Cc1ccccc1C)C(=O)CC(c1ccccc1)c1ccccc1. The van der Waals surface area contributed by atoms with Gasteiger partial charge in [0.05, 0.1) is 0 Å². The van der Waals surface area contributed by atoms with Gasteiger partial charge in [-0.2, -0.15) is 0 Å². The van der Waals surface area contributed by atoms with Crippen LogP contribution in [0.15, 0.2) is 84.9 Å². The zero-order valence-electron chi connectivity index (χ0n) is 21.6. The molecule has 0 saturated heterocycles. The molecule has 0 saturated carbocycles. The summed E-state index contributed by atoms with van der Waals surface area (Å²) in [6, 6.07) is 27.8. The van der Waals surface area contributed by atoms with Gasteiger partial charge in [0.15, 0.2) is 0 Å². The Hall–Kier alpha value is -3.40. The monoisotopic (exact) mass is 470 g/mol. The van der Waals surface area contributed by atoms with Crippen LogP contribution >= 0.6 is 0 Å². The highest BCUT2D eigenvalue weighted by atomic mass is 16.2. The molecule has 0 unspecified atom stereocenters. The Labute approximate surface area is 210 Å². The van der Waals surface area contributed by atoms with Crippen LogP contribution in [-0.4, -0.2) is 28.3 Å². The Balaban J connectivity index is 1.98. The highest BCUT2D eigenvalue weighted by Gasteiger charge is 2.32. The standard InChI is InChI=1S/C31H38N2O2/c1-6-28(30(35)32-31(3,4)5)33(22-26-20-14-13-15-23(26)2)29(34)21-27(24-16-9-7-10-17-24)25-18-11-8-12-19-25/h7-20,27-28H,6,21-22H2,1-5H3,(H,32,35)/t28-/m1/s1. The van der Waals surface area contributed by atoms with Gasteiger partial charge in [-0.15, -0.1) is 0 Å². The molecule has 1 N–H and O–H groups in total. The summed E-state index contributed by atoms with van der Waals surface area (Å²) in [6.07, 6.45) is 0.833. The van der Waals surface area contributed by atoms with Gasteiger partial charge >= 0.3 is 0 Å². The van der Waals surface area contributed by atoms with E-state index in [1.165, 1.54) is 0 Å². The third-order valence-electron chi connectivity index (χ3n) is 6.27. The van der Waals surface area contributed by atoms with Crippen LogP contribution in [0.1, 0.15) is 68.7 Å². The van der Waals surface area contributed by atoms with E-state index in [1.807, 2.05) is 95.3 Å². The average molecular weight is 471 g/mol. The quantitative estimate of drug-likeness (QED) is 0.402. The molecule has 0 radical (unpaired) electrons. The van der Waals surface area contributed by atoms with Gasteiger partial charge in [-0.05, 0) is 56.4 Å². The van der Waals surface area contributed by atoms with E-state index in [2.05, 4.69) is 29.6 Å². The van der Waals surface area contributed by atoms with Gasteiger partial charge < -0.3 is 10.2 Å². The lowest BCUT2D eigenvalue weighted by atomic mass is 9.88. The summed E-state index contributed by atoms with van der Waals surface area (Å²) in [5, 5.41) is 3.09. The smallest absolute Gasteiger partial charge is 0.243 e. The van der Waals surface area contributed by atoms with Crippen LogP contribution in [-0.2, 0) is 16.1 Å². The lowest BCUT2D eigenvalue weighted by Crippen LogP contribution is -2.53. The van der Waals surface area contributed by atoms with Crippen LogP contribution in [0.2, 0.25) is 0 Å². The maximum absolute atomic E-state index is 14.0. The fraction of sp³-hybridized carbons (Fsp3) is 0.355. The van der Waals surface area contributed by atoms with Crippen molar-refractivity contribution >= 4 is 11.8 Å². The molecule has 0 aliphatic carbocycles. The number of rotatable bonds is 9. The van der Waals surface area contributed by atoms with Gasteiger partial charge in [-0.3, -0.25) is 9.59 Å². The lowest BCUT2D eigenvalue weighted by molar-refractivity contribution is -0.142. The van der Waals surface area contributed by atoms with E-state index in [4.69, 9.17) is 0 Å². The van der Waals surface area contributed by atoms with E-state index in [0.29, 0.717) is 19.4 Å². The summed E-state index contributed by atoms with van der Waals surface area (Å²) in [7, 11) is 0. The molecular formula is C31H38N2O2. The fourth-order valence-corrected chi connectivity index (χ4v) is 4.43. The number of carbonyl (C=O) groups is 2. The van der Waals surface area contributed by atoms with Crippen molar-refractivity contribution < 1.29 is 9.59 Å². The number of nitrogens with one attached hydrogen (secondary N) is 1. The maximum atomic E-state index is 14.0.